The molecule has 0 aliphatic carbocycles. The van der Waals surface area contributed by atoms with Crippen LogP contribution in [0.3, 0.4) is 0 Å². The molecule has 1 saturated heterocycles. The quantitative estimate of drug-likeness (QED) is 0.773. The van der Waals surface area contributed by atoms with Crippen molar-refractivity contribution < 1.29 is 4.79 Å². The van der Waals surface area contributed by atoms with E-state index in [2.05, 4.69) is 44.2 Å². The summed E-state index contributed by atoms with van der Waals surface area (Å²) in [6, 6.07) is 0.0456. The Hall–Kier alpha value is -0.220. The summed E-state index contributed by atoms with van der Waals surface area (Å²) in [6.07, 6.45) is 6.53. The number of carbonyl (C=O) groups excluding carboxylic acids is 1. The van der Waals surface area contributed by atoms with E-state index in [1.165, 1.54) is 0 Å². The minimum Gasteiger partial charge on any atom is -0.324 e. The lowest BCUT2D eigenvalue weighted by atomic mass is 10.1. The second kappa shape index (κ2) is 6.80. The van der Waals surface area contributed by atoms with Crippen molar-refractivity contribution in [3.05, 3.63) is 0 Å². The van der Waals surface area contributed by atoms with Gasteiger partial charge in [0.2, 0.25) is 5.91 Å². The maximum atomic E-state index is 12.4. The Morgan fingerprint density at radius 1 is 1.28 bits per heavy atom. The van der Waals surface area contributed by atoms with Gasteiger partial charge in [-0.3, -0.25) is 10.1 Å². The summed E-state index contributed by atoms with van der Waals surface area (Å²) in [5.41, 5.74) is 0. The van der Waals surface area contributed by atoms with Crippen molar-refractivity contribution >= 4 is 17.7 Å². The first-order valence-corrected chi connectivity index (χ1v) is 8.29. The van der Waals surface area contributed by atoms with Gasteiger partial charge in [0.25, 0.3) is 0 Å². The molecule has 0 radical (unpaired) electrons. The van der Waals surface area contributed by atoms with Crippen LogP contribution in [0.15, 0.2) is 0 Å². The Morgan fingerprint density at radius 2 is 1.89 bits per heavy atom. The van der Waals surface area contributed by atoms with Crippen LogP contribution in [0.25, 0.3) is 0 Å². The number of nitrogens with zero attached hydrogens (tertiary/aromatic N) is 1. The third-order valence-corrected chi connectivity index (χ3v) is 4.83. The summed E-state index contributed by atoms with van der Waals surface area (Å²) in [6.45, 7) is 9.57. The fraction of sp³-hybridized carbons (Fsp3) is 0.929. The Balaban J connectivity index is 2.74. The molecule has 0 aromatic carbocycles. The van der Waals surface area contributed by atoms with Crippen LogP contribution in [-0.2, 0) is 4.79 Å². The Kier molecular flexibility index (Phi) is 5.99. The maximum absolute atomic E-state index is 12.4. The van der Waals surface area contributed by atoms with Crippen LogP contribution in [0.2, 0.25) is 0 Å². The molecule has 106 valence electrons. The van der Waals surface area contributed by atoms with Crippen LogP contribution in [0.5, 0.6) is 0 Å². The molecule has 0 saturated carbocycles. The third kappa shape index (κ3) is 3.89. The molecule has 4 heteroatoms. The first-order chi connectivity index (χ1) is 8.45. The summed E-state index contributed by atoms with van der Waals surface area (Å²) in [5, 5.41) is 3.51. The molecular weight excluding hydrogens is 244 g/mol. The van der Waals surface area contributed by atoms with Gasteiger partial charge in [-0.25, -0.2) is 0 Å². The third-order valence-electron chi connectivity index (χ3n) is 3.59. The highest BCUT2D eigenvalue weighted by molar-refractivity contribution is 7.99. The number of rotatable bonds is 7. The van der Waals surface area contributed by atoms with Crippen molar-refractivity contribution in [2.75, 3.05) is 12.8 Å². The second-order valence-corrected chi connectivity index (χ2v) is 7.26. The molecular formula is C14H28N2OS. The van der Waals surface area contributed by atoms with E-state index in [1.807, 2.05) is 11.8 Å². The van der Waals surface area contributed by atoms with E-state index in [4.69, 9.17) is 0 Å². The predicted octanol–water partition coefficient (Wildman–Crippen LogP) is 2.85. The average Bonchev–Trinajstić information content (AvgIpc) is 2.59. The fourth-order valence-corrected chi connectivity index (χ4v) is 2.69. The summed E-state index contributed by atoms with van der Waals surface area (Å²) in [4.78, 5) is 14.5. The molecule has 3 nitrogen and oxygen atoms in total. The van der Waals surface area contributed by atoms with Gasteiger partial charge in [0, 0.05) is 11.3 Å². The first kappa shape index (κ1) is 15.8. The minimum absolute atomic E-state index is 0.0456. The zero-order valence-corrected chi connectivity index (χ0v) is 13.3. The van der Waals surface area contributed by atoms with Crippen molar-refractivity contribution in [3.63, 3.8) is 0 Å². The van der Waals surface area contributed by atoms with E-state index in [-0.39, 0.29) is 17.0 Å². The highest BCUT2D eigenvalue weighted by atomic mass is 32.2. The van der Waals surface area contributed by atoms with Crippen molar-refractivity contribution in [1.29, 1.82) is 0 Å². The molecule has 1 aliphatic rings. The zero-order valence-electron chi connectivity index (χ0n) is 12.5. The molecule has 2 unspecified atom stereocenters. The van der Waals surface area contributed by atoms with Crippen molar-refractivity contribution in [2.45, 2.75) is 70.3 Å². The topological polar surface area (TPSA) is 32.3 Å². The lowest BCUT2D eigenvalue weighted by Crippen LogP contribution is -2.44. The Labute approximate surface area is 116 Å². The lowest BCUT2D eigenvalue weighted by Gasteiger charge is -2.32. The number of thioether (sulfide) groups is 1. The van der Waals surface area contributed by atoms with Crippen LogP contribution in [0.4, 0.5) is 0 Å². The summed E-state index contributed by atoms with van der Waals surface area (Å²) < 4.78 is 0.129. The highest BCUT2D eigenvalue weighted by Gasteiger charge is 2.39. The molecule has 1 heterocycles. The van der Waals surface area contributed by atoms with Crippen molar-refractivity contribution in [3.8, 4) is 0 Å². The molecule has 1 fully saturated rings. The van der Waals surface area contributed by atoms with Gasteiger partial charge >= 0.3 is 0 Å². The Bertz CT molecular complexity index is 281. The summed E-state index contributed by atoms with van der Waals surface area (Å²) in [5.74, 6) is 0.303. The van der Waals surface area contributed by atoms with Crippen molar-refractivity contribution in [2.24, 2.45) is 0 Å². The van der Waals surface area contributed by atoms with E-state index in [0.717, 1.165) is 32.2 Å². The monoisotopic (exact) mass is 272 g/mol. The molecule has 1 amide bonds. The largest absolute Gasteiger partial charge is 0.324 e. The van der Waals surface area contributed by atoms with Gasteiger partial charge in [-0.1, -0.05) is 26.7 Å². The number of amides is 1. The van der Waals surface area contributed by atoms with E-state index in [1.54, 1.807) is 0 Å². The van der Waals surface area contributed by atoms with E-state index >= 15 is 0 Å². The second-order valence-electron chi connectivity index (χ2n) is 5.74. The van der Waals surface area contributed by atoms with Crippen LogP contribution < -0.4 is 5.32 Å². The van der Waals surface area contributed by atoms with Gasteiger partial charge < -0.3 is 4.90 Å². The minimum atomic E-state index is 0.0456. The molecule has 1 N–H and O–H groups in total. The van der Waals surface area contributed by atoms with Crippen LogP contribution in [0.1, 0.15) is 53.4 Å². The first-order valence-electron chi connectivity index (χ1n) is 7.06. The van der Waals surface area contributed by atoms with Gasteiger partial charge in [0.1, 0.15) is 0 Å². The van der Waals surface area contributed by atoms with Gasteiger partial charge in [0.15, 0.2) is 0 Å². The van der Waals surface area contributed by atoms with E-state index < -0.39 is 0 Å². The molecule has 2 atom stereocenters. The number of hydrogen-bond acceptors (Lipinski definition) is 3. The summed E-state index contributed by atoms with van der Waals surface area (Å²) in [7, 11) is 0. The predicted molar refractivity (Wildman–Crippen MR) is 79.8 cm³/mol. The van der Waals surface area contributed by atoms with E-state index in [9.17, 15) is 4.79 Å². The molecule has 0 spiro atoms. The Morgan fingerprint density at radius 3 is 2.39 bits per heavy atom. The normalized spacial score (nSPS) is 24.9. The maximum Gasteiger partial charge on any atom is 0.241 e. The molecule has 0 aromatic rings. The molecule has 1 rings (SSSR count). The highest BCUT2D eigenvalue weighted by Crippen LogP contribution is 2.27. The molecule has 18 heavy (non-hydrogen) atoms. The zero-order chi connectivity index (χ0) is 13.8. The fourth-order valence-electron chi connectivity index (χ4n) is 2.42. The molecule has 0 bridgehead atoms. The van der Waals surface area contributed by atoms with Gasteiger partial charge in [0.05, 0.1) is 12.2 Å². The van der Waals surface area contributed by atoms with Gasteiger partial charge in [-0.15, -0.1) is 0 Å². The molecule has 1 aliphatic heterocycles. The standard InChI is InChI=1S/C14H28N2OS/c1-6-8-11-13(17)16(10-14(3,4)18-5)12(15-11)9-7-2/h11-12,15H,6-10H2,1-5H3. The van der Waals surface area contributed by atoms with Crippen LogP contribution >= 0.6 is 11.8 Å². The van der Waals surface area contributed by atoms with Gasteiger partial charge in [-0.2, -0.15) is 11.8 Å². The smallest absolute Gasteiger partial charge is 0.241 e. The van der Waals surface area contributed by atoms with Crippen LogP contribution in [-0.4, -0.2) is 40.6 Å². The van der Waals surface area contributed by atoms with E-state index in [0.29, 0.717) is 5.91 Å². The average molecular weight is 272 g/mol. The SMILES string of the molecule is CCCC1NC(CCC)N(CC(C)(C)SC)C1=O. The number of nitrogens with one attached hydrogen (secondary N) is 1. The van der Waals surface area contributed by atoms with Gasteiger partial charge in [-0.05, 0) is 32.9 Å². The molecule has 0 aromatic heterocycles. The lowest BCUT2D eigenvalue weighted by molar-refractivity contribution is -0.130. The van der Waals surface area contributed by atoms with Crippen molar-refractivity contribution in [1.82, 2.24) is 10.2 Å². The van der Waals surface area contributed by atoms with Crippen LogP contribution in [0, 0.1) is 0 Å². The number of hydrogen-bond donors (Lipinski definition) is 1. The summed E-state index contributed by atoms with van der Waals surface area (Å²) >= 11 is 1.83. The number of carbonyl (C=O) groups is 1.